The lowest BCUT2D eigenvalue weighted by atomic mass is 10.1. The van der Waals surface area contributed by atoms with Gasteiger partial charge < -0.3 is 0 Å². The predicted molar refractivity (Wildman–Crippen MR) is 53.8 cm³/mol. The maximum Gasteiger partial charge on any atom is 0.253 e. The predicted octanol–water partition coefficient (Wildman–Crippen LogP) is 1.42. The topological polar surface area (TPSA) is 53.3 Å². The van der Waals surface area contributed by atoms with Gasteiger partial charge in [-0.3, -0.25) is 9.63 Å². The second-order valence-corrected chi connectivity index (χ2v) is 3.23. The molecule has 4 heteroatoms. The summed E-state index contributed by atoms with van der Waals surface area (Å²) in [6.45, 7) is 0.416. The summed E-state index contributed by atoms with van der Waals surface area (Å²) in [5.74, 6) is -0.0552. The van der Waals surface area contributed by atoms with Crippen molar-refractivity contribution in [2.75, 3.05) is 11.7 Å². The third-order valence-electron chi connectivity index (χ3n) is 2.24. The largest absolute Gasteiger partial charge is 0.272 e. The Labute approximate surface area is 87.6 Å². The molecule has 0 aliphatic carbocycles. The first-order valence-corrected chi connectivity index (χ1v) is 4.73. The molecule has 0 saturated carbocycles. The van der Waals surface area contributed by atoms with E-state index in [4.69, 9.17) is 10.1 Å². The van der Waals surface area contributed by atoms with Crippen molar-refractivity contribution in [2.24, 2.45) is 0 Å². The van der Waals surface area contributed by atoms with E-state index >= 15 is 0 Å². The average molecular weight is 202 g/mol. The van der Waals surface area contributed by atoms with Gasteiger partial charge in [-0.1, -0.05) is 18.2 Å². The van der Waals surface area contributed by atoms with Crippen LogP contribution >= 0.6 is 0 Å². The van der Waals surface area contributed by atoms with Gasteiger partial charge in [0.2, 0.25) is 0 Å². The quantitative estimate of drug-likeness (QED) is 0.728. The number of hydrogen-bond acceptors (Lipinski definition) is 3. The minimum absolute atomic E-state index is 0.0552. The standard InChI is InChI=1S/C11H10N2O2/c12-7-5-9-3-1-2-4-10(9)13-11(14)6-8-15-13/h1-4H,5-6,8H2. The summed E-state index contributed by atoms with van der Waals surface area (Å²) in [5.41, 5.74) is 1.50. The highest BCUT2D eigenvalue weighted by atomic mass is 16.7. The molecule has 0 atom stereocenters. The Morgan fingerprint density at radius 2 is 2.27 bits per heavy atom. The van der Waals surface area contributed by atoms with Crippen molar-refractivity contribution in [1.82, 2.24) is 0 Å². The first-order valence-electron chi connectivity index (χ1n) is 4.73. The molecular weight excluding hydrogens is 192 g/mol. The Morgan fingerprint density at radius 1 is 1.47 bits per heavy atom. The smallest absolute Gasteiger partial charge is 0.253 e. The fourth-order valence-corrected chi connectivity index (χ4v) is 1.55. The number of nitriles is 1. The van der Waals surface area contributed by atoms with Gasteiger partial charge in [0.1, 0.15) is 0 Å². The van der Waals surface area contributed by atoms with E-state index in [1.807, 2.05) is 18.2 Å². The van der Waals surface area contributed by atoms with Crippen LogP contribution < -0.4 is 5.06 Å². The van der Waals surface area contributed by atoms with Crippen molar-refractivity contribution < 1.29 is 9.63 Å². The van der Waals surface area contributed by atoms with E-state index in [2.05, 4.69) is 6.07 Å². The molecule has 1 heterocycles. The third-order valence-corrected chi connectivity index (χ3v) is 2.24. The fourth-order valence-electron chi connectivity index (χ4n) is 1.55. The van der Waals surface area contributed by atoms with Crippen molar-refractivity contribution in [3.05, 3.63) is 29.8 Å². The maximum atomic E-state index is 11.4. The summed E-state index contributed by atoms with van der Waals surface area (Å²) in [4.78, 5) is 16.7. The van der Waals surface area contributed by atoms with Gasteiger partial charge in [-0.2, -0.15) is 10.3 Å². The molecule has 15 heavy (non-hydrogen) atoms. The monoisotopic (exact) mass is 202 g/mol. The Kier molecular flexibility index (Phi) is 2.66. The Balaban J connectivity index is 2.34. The number of anilines is 1. The van der Waals surface area contributed by atoms with Crippen molar-refractivity contribution >= 4 is 11.6 Å². The van der Waals surface area contributed by atoms with Crippen molar-refractivity contribution in [1.29, 1.82) is 5.26 Å². The summed E-state index contributed by atoms with van der Waals surface area (Å²) >= 11 is 0. The SMILES string of the molecule is N#CCc1ccccc1N1OCCC1=O. The number of carbonyl (C=O) groups excluding carboxylic acids is 1. The molecule has 0 aromatic heterocycles. The van der Waals surface area contributed by atoms with Gasteiger partial charge in [-0.05, 0) is 11.6 Å². The van der Waals surface area contributed by atoms with E-state index < -0.39 is 0 Å². The third kappa shape index (κ3) is 1.83. The van der Waals surface area contributed by atoms with E-state index in [1.54, 1.807) is 6.07 Å². The van der Waals surface area contributed by atoms with Crippen LogP contribution in [-0.2, 0) is 16.1 Å². The average Bonchev–Trinajstić information content (AvgIpc) is 2.66. The highest BCUT2D eigenvalue weighted by molar-refractivity contribution is 5.93. The molecule has 1 aromatic rings. The van der Waals surface area contributed by atoms with Crippen LogP contribution in [0.5, 0.6) is 0 Å². The van der Waals surface area contributed by atoms with Crippen LogP contribution in [0.25, 0.3) is 0 Å². The molecule has 1 amide bonds. The highest BCUT2D eigenvalue weighted by Gasteiger charge is 2.24. The van der Waals surface area contributed by atoms with E-state index in [0.717, 1.165) is 5.56 Å². The first-order chi connectivity index (χ1) is 7.33. The normalized spacial score (nSPS) is 15.4. The van der Waals surface area contributed by atoms with E-state index in [1.165, 1.54) is 5.06 Å². The summed E-state index contributed by atoms with van der Waals surface area (Å²) < 4.78 is 0. The van der Waals surface area contributed by atoms with Gasteiger partial charge >= 0.3 is 0 Å². The lowest BCUT2D eigenvalue weighted by Gasteiger charge is -2.16. The van der Waals surface area contributed by atoms with E-state index in [-0.39, 0.29) is 12.3 Å². The molecule has 1 fully saturated rings. The van der Waals surface area contributed by atoms with Crippen LogP contribution in [0.2, 0.25) is 0 Å². The van der Waals surface area contributed by atoms with Gasteiger partial charge in [0.25, 0.3) is 5.91 Å². The van der Waals surface area contributed by atoms with E-state index in [0.29, 0.717) is 18.7 Å². The zero-order valence-corrected chi connectivity index (χ0v) is 8.14. The summed E-state index contributed by atoms with van der Waals surface area (Å²) in [6, 6.07) is 9.35. The Hall–Kier alpha value is -1.86. The zero-order valence-electron chi connectivity index (χ0n) is 8.14. The number of para-hydroxylation sites is 1. The number of benzene rings is 1. The van der Waals surface area contributed by atoms with Crippen LogP contribution in [0, 0.1) is 11.3 Å². The molecule has 4 nitrogen and oxygen atoms in total. The first kappa shape index (κ1) is 9.69. The molecule has 2 rings (SSSR count). The molecular formula is C11H10N2O2. The molecule has 0 unspecified atom stereocenters. The molecule has 0 bridgehead atoms. The molecule has 0 radical (unpaired) electrons. The van der Waals surface area contributed by atoms with Gasteiger partial charge in [0.05, 0.1) is 31.2 Å². The summed E-state index contributed by atoms with van der Waals surface area (Å²) in [5, 5.41) is 9.94. The van der Waals surface area contributed by atoms with Crippen LogP contribution in [0.4, 0.5) is 5.69 Å². The molecule has 1 saturated heterocycles. The van der Waals surface area contributed by atoms with Gasteiger partial charge in [0.15, 0.2) is 0 Å². The Morgan fingerprint density at radius 3 is 2.93 bits per heavy atom. The maximum absolute atomic E-state index is 11.4. The molecule has 0 spiro atoms. The number of hydroxylamine groups is 1. The number of nitrogens with zero attached hydrogens (tertiary/aromatic N) is 2. The van der Waals surface area contributed by atoms with Gasteiger partial charge in [-0.15, -0.1) is 0 Å². The van der Waals surface area contributed by atoms with Crippen molar-refractivity contribution in [3.8, 4) is 6.07 Å². The number of amides is 1. The summed E-state index contributed by atoms with van der Waals surface area (Å²) in [6.07, 6.45) is 0.685. The molecule has 1 aliphatic rings. The van der Waals surface area contributed by atoms with Crippen LogP contribution in [0.3, 0.4) is 0 Å². The highest BCUT2D eigenvalue weighted by Crippen LogP contribution is 2.24. The van der Waals surface area contributed by atoms with E-state index in [9.17, 15) is 4.79 Å². The number of carbonyl (C=O) groups is 1. The second-order valence-electron chi connectivity index (χ2n) is 3.23. The van der Waals surface area contributed by atoms with Gasteiger partial charge in [0, 0.05) is 0 Å². The lowest BCUT2D eigenvalue weighted by Crippen LogP contribution is -2.23. The van der Waals surface area contributed by atoms with Crippen molar-refractivity contribution in [2.45, 2.75) is 12.8 Å². The molecule has 0 N–H and O–H groups in total. The minimum Gasteiger partial charge on any atom is -0.272 e. The van der Waals surface area contributed by atoms with Crippen LogP contribution in [0.15, 0.2) is 24.3 Å². The zero-order chi connectivity index (χ0) is 10.7. The Bertz CT molecular complexity index is 423. The number of rotatable bonds is 2. The lowest BCUT2D eigenvalue weighted by molar-refractivity contribution is -0.119. The van der Waals surface area contributed by atoms with Crippen molar-refractivity contribution in [3.63, 3.8) is 0 Å². The molecule has 1 aromatic carbocycles. The van der Waals surface area contributed by atoms with Crippen LogP contribution in [0.1, 0.15) is 12.0 Å². The van der Waals surface area contributed by atoms with Gasteiger partial charge in [-0.25, -0.2) is 0 Å². The number of hydrogen-bond donors (Lipinski definition) is 0. The summed E-state index contributed by atoms with van der Waals surface area (Å²) in [7, 11) is 0. The molecule has 76 valence electrons. The fraction of sp³-hybridized carbons (Fsp3) is 0.273. The molecule has 1 aliphatic heterocycles. The van der Waals surface area contributed by atoms with Crippen LogP contribution in [-0.4, -0.2) is 12.5 Å². The second kappa shape index (κ2) is 4.11. The minimum atomic E-state index is -0.0552.